The highest BCUT2D eigenvalue weighted by Gasteiger charge is 2.09. The Bertz CT molecular complexity index is 1130. The number of carbonyl (C=O) groups excluding carboxylic acids is 1. The number of amides is 1. The highest BCUT2D eigenvalue weighted by atomic mass is 16.5. The third-order valence-electron chi connectivity index (χ3n) is 4.13. The van der Waals surface area contributed by atoms with Crippen molar-refractivity contribution in [1.29, 1.82) is 0 Å². The van der Waals surface area contributed by atoms with Crippen LogP contribution in [0.1, 0.15) is 5.56 Å². The maximum Gasteiger partial charge on any atom is 0.248 e. The maximum atomic E-state index is 12.2. The number of hydrogen-bond acceptors (Lipinski definition) is 5. The average molecular weight is 371 g/mol. The number of benzene rings is 2. The summed E-state index contributed by atoms with van der Waals surface area (Å²) in [5, 5.41) is 2.83. The number of nitrogens with zero attached hydrogens (tertiary/aromatic N) is 2. The van der Waals surface area contributed by atoms with Crippen molar-refractivity contribution in [2.45, 2.75) is 0 Å². The number of aromatic nitrogens is 2. The number of fused-ring (bicyclic) bond motifs is 1. The van der Waals surface area contributed by atoms with Gasteiger partial charge in [0.15, 0.2) is 5.58 Å². The summed E-state index contributed by atoms with van der Waals surface area (Å²) in [4.78, 5) is 20.7. The number of hydrogen-bond donors (Lipinski definition) is 1. The van der Waals surface area contributed by atoms with Gasteiger partial charge in [-0.05, 0) is 54.1 Å². The second-order valence-corrected chi connectivity index (χ2v) is 6.03. The summed E-state index contributed by atoms with van der Waals surface area (Å²) in [5.41, 5.74) is 3.72. The van der Waals surface area contributed by atoms with Crippen molar-refractivity contribution in [3.63, 3.8) is 0 Å². The molecule has 0 atom stereocenters. The molecule has 28 heavy (non-hydrogen) atoms. The van der Waals surface area contributed by atoms with Crippen LogP contribution in [0.15, 0.2) is 77.5 Å². The smallest absolute Gasteiger partial charge is 0.248 e. The number of methoxy groups -OCH3 is 1. The van der Waals surface area contributed by atoms with Gasteiger partial charge in [0, 0.05) is 29.7 Å². The van der Waals surface area contributed by atoms with Gasteiger partial charge in [-0.15, -0.1) is 0 Å². The predicted molar refractivity (Wildman–Crippen MR) is 108 cm³/mol. The zero-order valence-corrected chi connectivity index (χ0v) is 15.1. The number of pyridine rings is 1. The molecule has 0 aliphatic rings. The Morgan fingerprint density at radius 1 is 1.07 bits per heavy atom. The van der Waals surface area contributed by atoms with Crippen LogP contribution >= 0.6 is 0 Å². The van der Waals surface area contributed by atoms with Crippen molar-refractivity contribution in [2.24, 2.45) is 0 Å². The Kier molecular flexibility index (Phi) is 4.84. The lowest BCUT2D eigenvalue weighted by molar-refractivity contribution is -0.111. The minimum Gasteiger partial charge on any atom is -0.497 e. The standard InChI is InChI=1S/C22H17N3O3/c1-27-18-6-2-15(3-7-18)4-9-21(26)24-17-5-8-20-19(14-17)25-22(28-20)16-10-12-23-13-11-16/h2-14H,1H3,(H,24,26)/b9-4-. The highest BCUT2D eigenvalue weighted by Crippen LogP contribution is 2.25. The van der Waals surface area contributed by atoms with Crippen molar-refractivity contribution in [2.75, 3.05) is 12.4 Å². The van der Waals surface area contributed by atoms with Gasteiger partial charge in [0.05, 0.1) is 7.11 Å². The Labute approximate surface area is 161 Å². The van der Waals surface area contributed by atoms with Crippen molar-refractivity contribution < 1.29 is 13.9 Å². The van der Waals surface area contributed by atoms with Gasteiger partial charge in [-0.25, -0.2) is 4.98 Å². The molecule has 0 spiro atoms. The molecule has 0 fully saturated rings. The van der Waals surface area contributed by atoms with Gasteiger partial charge in [-0.3, -0.25) is 9.78 Å². The van der Waals surface area contributed by atoms with Gasteiger partial charge in [0.25, 0.3) is 0 Å². The number of carbonyl (C=O) groups is 1. The Morgan fingerprint density at radius 2 is 1.86 bits per heavy atom. The molecule has 4 rings (SSSR count). The minimum atomic E-state index is -0.229. The monoisotopic (exact) mass is 371 g/mol. The van der Waals surface area contributed by atoms with E-state index in [9.17, 15) is 4.79 Å². The molecular formula is C22H17N3O3. The summed E-state index contributed by atoms with van der Waals surface area (Å²) in [6.07, 6.45) is 6.60. The predicted octanol–water partition coefficient (Wildman–Crippen LogP) is 4.55. The van der Waals surface area contributed by atoms with Crippen molar-refractivity contribution in [1.82, 2.24) is 9.97 Å². The fourth-order valence-electron chi connectivity index (χ4n) is 2.69. The number of oxazole rings is 1. The molecule has 2 heterocycles. The maximum absolute atomic E-state index is 12.2. The fraction of sp³-hybridized carbons (Fsp3) is 0.0455. The first-order valence-electron chi connectivity index (χ1n) is 8.65. The van der Waals surface area contributed by atoms with Crippen LogP contribution in [0, 0.1) is 0 Å². The molecule has 138 valence electrons. The van der Waals surface area contributed by atoms with E-state index in [1.807, 2.05) is 36.4 Å². The molecule has 0 radical (unpaired) electrons. The minimum absolute atomic E-state index is 0.229. The first-order chi connectivity index (χ1) is 13.7. The topological polar surface area (TPSA) is 77.2 Å². The first-order valence-corrected chi connectivity index (χ1v) is 8.65. The van der Waals surface area contributed by atoms with Gasteiger partial charge >= 0.3 is 0 Å². The van der Waals surface area contributed by atoms with E-state index in [1.165, 1.54) is 6.08 Å². The zero-order valence-electron chi connectivity index (χ0n) is 15.1. The number of ether oxygens (including phenoxy) is 1. The second kappa shape index (κ2) is 7.75. The highest BCUT2D eigenvalue weighted by molar-refractivity contribution is 6.02. The Morgan fingerprint density at radius 3 is 2.61 bits per heavy atom. The summed E-state index contributed by atoms with van der Waals surface area (Å²) < 4.78 is 10.9. The SMILES string of the molecule is COc1ccc(/C=C\C(=O)Nc2ccc3oc(-c4ccncc4)nc3c2)cc1. The van der Waals surface area contributed by atoms with E-state index in [0.717, 1.165) is 16.9 Å². The number of rotatable bonds is 5. The van der Waals surface area contributed by atoms with E-state index in [2.05, 4.69) is 15.3 Å². The molecule has 4 aromatic rings. The first kappa shape index (κ1) is 17.5. The van der Waals surface area contributed by atoms with Crippen molar-refractivity contribution in [3.05, 3.63) is 78.6 Å². The molecule has 0 saturated heterocycles. The summed E-state index contributed by atoms with van der Waals surface area (Å²) >= 11 is 0. The molecule has 0 bridgehead atoms. The Hall–Kier alpha value is -3.93. The molecule has 0 unspecified atom stereocenters. The lowest BCUT2D eigenvalue weighted by Gasteiger charge is -2.02. The van der Waals surface area contributed by atoms with Crippen LogP contribution in [0.25, 0.3) is 28.6 Å². The molecule has 0 saturated carbocycles. The van der Waals surface area contributed by atoms with Crippen LogP contribution < -0.4 is 10.1 Å². The molecule has 1 amide bonds. The lowest BCUT2D eigenvalue weighted by atomic mass is 10.2. The molecule has 2 aromatic heterocycles. The van der Waals surface area contributed by atoms with E-state index in [-0.39, 0.29) is 5.91 Å². The van der Waals surface area contributed by atoms with Gasteiger partial charge in [-0.2, -0.15) is 0 Å². The molecule has 6 heteroatoms. The molecule has 0 aliphatic carbocycles. The van der Waals surface area contributed by atoms with Crippen LogP contribution in [0.5, 0.6) is 5.75 Å². The summed E-state index contributed by atoms with van der Waals surface area (Å²) in [5.74, 6) is 1.06. The molecule has 2 aromatic carbocycles. The third kappa shape index (κ3) is 3.91. The van der Waals surface area contributed by atoms with Gasteiger partial charge < -0.3 is 14.5 Å². The van der Waals surface area contributed by atoms with E-state index in [0.29, 0.717) is 22.7 Å². The summed E-state index contributed by atoms with van der Waals surface area (Å²) in [7, 11) is 1.62. The fourth-order valence-corrected chi connectivity index (χ4v) is 2.69. The molecular weight excluding hydrogens is 354 g/mol. The molecule has 0 aliphatic heterocycles. The van der Waals surface area contributed by atoms with E-state index >= 15 is 0 Å². The summed E-state index contributed by atoms with van der Waals surface area (Å²) in [6, 6.07) is 16.5. The second-order valence-electron chi connectivity index (χ2n) is 6.03. The lowest BCUT2D eigenvalue weighted by Crippen LogP contribution is -2.07. The Balaban J connectivity index is 1.48. The third-order valence-corrected chi connectivity index (χ3v) is 4.13. The van der Waals surface area contributed by atoms with Gasteiger partial charge in [0.1, 0.15) is 11.3 Å². The van der Waals surface area contributed by atoms with E-state index in [4.69, 9.17) is 9.15 Å². The normalized spacial score (nSPS) is 11.0. The van der Waals surface area contributed by atoms with Crippen LogP contribution in [0.2, 0.25) is 0 Å². The van der Waals surface area contributed by atoms with Crippen molar-refractivity contribution in [3.8, 4) is 17.2 Å². The quantitative estimate of drug-likeness (QED) is 0.521. The van der Waals surface area contributed by atoms with Crippen LogP contribution in [0.4, 0.5) is 5.69 Å². The molecule has 6 nitrogen and oxygen atoms in total. The number of anilines is 1. The average Bonchev–Trinajstić information content (AvgIpc) is 3.17. The largest absolute Gasteiger partial charge is 0.497 e. The van der Waals surface area contributed by atoms with Crippen molar-refractivity contribution >= 4 is 28.8 Å². The van der Waals surface area contributed by atoms with Gasteiger partial charge in [0.2, 0.25) is 11.8 Å². The van der Waals surface area contributed by atoms with Gasteiger partial charge in [-0.1, -0.05) is 12.1 Å². The number of nitrogens with one attached hydrogen (secondary N) is 1. The molecule has 1 N–H and O–H groups in total. The van der Waals surface area contributed by atoms with E-state index < -0.39 is 0 Å². The zero-order chi connectivity index (χ0) is 19.3. The van der Waals surface area contributed by atoms with Crippen LogP contribution in [0.3, 0.4) is 0 Å². The van der Waals surface area contributed by atoms with Crippen LogP contribution in [-0.2, 0) is 4.79 Å². The summed E-state index contributed by atoms with van der Waals surface area (Å²) in [6.45, 7) is 0. The van der Waals surface area contributed by atoms with Crippen LogP contribution in [-0.4, -0.2) is 23.0 Å². The van der Waals surface area contributed by atoms with E-state index in [1.54, 1.807) is 43.8 Å².